The molecule has 0 amide bonds. The monoisotopic (exact) mass is 428 g/mol. The third-order valence-electron chi connectivity index (χ3n) is 4.94. The Bertz CT molecular complexity index is 1380. The van der Waals surface area contributed by atoms with Gasteiger partial charge in [-0.2, -0.15) is 0 Å². The maximum atomic E-state index is 4.71. The van der Waals surface area contributed by atoms with Crippen LogP contribution in [-0.2, 0) is 0 Å². The molecule has 0 saturated carbocycles. The van der Waals surface area contributed by atoms with Gasteiger partial charge in [-0.3, -0.25) is 0 Å². The summed E-state index contributed by atoms with van der Waals surface area (Å²) in [5.74, 6) is 1.22. The molecule has 2 heterocycles. The molecule has 5 rings (SSSR count). The summed E-state index contributed by atoms with van der Waals surface area (Å²) in [7, 11) is 0. The average Bonchev–Trinajstić information content (AvgIpc) is 3.54. The average molecular weight is 428 g/mol. The van der Waals surface area contributed by atoms with Gasteiger partial charge in [-0.15, -0.1) is 20.5 Å². The maximum absolute atomic E-state index is 4.71. The Morgan fingerprint density at radius 2 is 1.18 bits per heavy atom. The van der Waals surface area contributed by atoms with Crippen molar-refractivity contribution in [2.45, 2.75) is 0 Å². The predicted octanol–water partition coefficient (Wildman–Crippen LogP) is 7.94. The van der Waals surface area contributed by atoms with Crippen molar-refractivity contribution in [2.24, 2.45) is 25.4 Å². The van der Waals surface area contributed by atoms with E-state index in [1.165, 1.54) is 0 Å². The van der Waals surface area contributed by atoms with E-state index >= 15 is 0 Å². The molecule has 0 spiro atoms. The minimum absolute atomic E-state index is 0.554. The van der Waals surface area contributed by atoms with Crippen LogP contribution in [0.3, 0.4) is 0 Å². The number of nitrogens with zero attached hydrogens (tertiary/aromatic N) is 5. The van der Waals surface area contributed by atoms with Crippen molar-refractivity contribution in [2.75, 3.05) is 0 Å². The molecule has 33 heavy (non-hydrogen) atoms. The van der Waals surface area contributed by atoms with Gasteiger partial charge in [0.05, 0.1) is 17.1 Å². The minimum Gasteiger partial charge on any atom is -0.338 e. The number of aromatic amines is 1. The molecule has 4 aromatic rings. The number of aromatic nitrogens is 1. The van der Waals surface area contributed by atoms with Crippen LogP contribution in [0.1, 0.15) is 11.3 Å². The Balaban J connectivity index is 1.48. The number of benzene rings is 3. The number of rotatable bonds is 5. The van der Waals surface area contributed by atoms with Gasteiger partial charge in [0.1, 0.15) is 0 Å². The van der Waals surface area contributed by atoms with Crippen LogP contribution in [-0.4, -0.2) is 10.8 Å². The quantitative estimate of drug-likeness (QED) is 0.313. The maximum Gasteiger partial charge on any atom is 0.175 e. The molecule has 6 nitrogen and oxygen atoms in total. The molecule has 1 N–H and O–H groups in total. The van der Waals surface area contributed by atoms with Crippen LogP contribution in [0.15, 0.2) is 146 Å². The summed E-state index contributed by atoms with van der Waals surface area (Å²) in [4.78, 5) is 8.07. The number of H-pyrrole nitrogens is 1. The summed E-state index contributed by atoms with van der Waals surface area (Å²) in [5, 5.41) is 17.2. The number of azo groups is 2. The third kappa shape index (κ3) is 4.97. The Morgan fingerprint density at radius 1 is 0.576 bits per heavy atom. The van der Waals surface area contributed by atoms with Crippen LogP contribution in [0.25, 0.3) is 5.57 Å². The number of aliphatic imine (C=N–C) groups is 1. The number of amidine groups is 1. The molecule has 3 aromatic carbocycles. The molecule has 6 heteroatoms. The lowest BCUT2D eigenvalue weighted by molar-refractivity contribution is 1.17. The molecule has 0 aliphatic carbocycles. The molecule has 0 fully saturated rings. The van der Waals surface area contributed by atoms with Crippen molar-refractivity contribution in [3.8, 4) is 0 Å². The first-order valence-corrected chi connectivity index (χ1v) is 10.5. The normalized spacial score (nSPS) is 14.8. The third-order valence-corrected chi connectivity index (χ3v) is 4.94. The Morgan fingerprint density at radius 3 is 1.85 bits per heavy atom. The Labute approximate surface area is 191 Å². The number of hydrogen-bond donors (Lipinski definition) is 1. The highest BCUT2D eigenvalue weighted by atomic mass is 15.2. The van der Waals surface area contributed by atoms with E-state index in [4.69, 9.17) is 4.99 Å². The molecule has 1 aromatic heterocycles. The van der Waals surface area contributed by atoms with Crippen LogP contribution < -0.4 is 0 Å². The predicted molar refractivity (Wildman–Crippen MR) is 131 cm³/mol. The van der Waals surface area contributed by atoms with Gasteiger partial charge < -0.3 is 4.98 Å². The fourth-order valence-corrected chi connectivity index (χ4v) is 3.39. The van der Waals surface area contributed by atoms with E-state index in [0.717, 1.165) is 33.9 Å². The number of nitrogens with one attached hydrogen (secondary N) is 1. The Hall–Kier alpha value is -4.71. The van der Waals surface area contributed by atoms with Crippen LogP contribution in [0.4, 0.5) is 17.2 Å². The molecule has 0 atom stereocenters. The van der Waals surface area contributed by atoms with Crippen molar-refractivity contribution in [1.82, 2.24) is 4.98 Å². The van der Waals surface area contributed by atoms with E-state index in [9.17, 15) is 0 Å². The van der Waals surface area contributed by atoms with Crippen LogP contribution >= 0.6 is 0 Å². The van der Waals surface area contributed by atoms with Crippen molar-refractivity contribution < 1.29 is 0 Å². The largest absolute Gasteiger partial charge is 0.338 e. The molecular weight excluding hydrogens is 408 g/mol. The fourth-order valence-electron chi connectivity index (χ4n) is 3.39. The zero-order valence-corrected chi connectivity index (χ0v) is 17.7. The summed E-state index contributed by atoms with van der Waals surface area (Å²) < 4.78 is 0. The van der Waals surface area contributed by atoms with Gasteiger partial charge in [-0.1, -0.05) is 66.7 Å². The lowest BCUT2D eigenvalue weighted by atomic mass is 10.0. The second-order valence-electron chi connectivity index (χ2n) is 7.26. The first-order chi connectivity index (χ1) is 16.3. The molecular formula is C27H20N6. The molecule has 1 aliphatic rings. The van der Waals surface area contributed by atoms with Crippen LogP contribution in [0.2, 0.25) is 0 Å². The van der Waals surface area contributed by atoms with E-state index in [1.54, 1.807) is 0 Å². The van der Waals surface area contributed by atoms with Crippen molar-refractivity contribution in [3.63, 3.8) is 0 Å². The second-order valence-corrected chi connectivity index (χ2v) is 7.26. The van der Waals surface area contributed by atoms with Gasteiger partial charge in [0, 0.05) is 11.3 Å². The molecule has 0 bridgehead atoms. The lowest BCUT2D eigenvalue weighted by Gasteiger charge is -2.08. The fraction of sp³-hybridized carbons (Fsp3) is 0. The van der Waals surface area contributed by atoms with Crippen molar-refractivity contribution in [3.05, 3.63) is 132 Å². The highest BCUT2D eigenvalue weighted by Gasteiger charge is 2.15. The summed E-state index contributed by atoms with van der Waals surface area (Å²) in [5.41, 5.74) is 5.28. The van der Waals surface area contributed by atoms with E-state index in [2.05, 4.69) is 37.6 Å². The van der Waals surface area contributed by atoms with E-state index < -0.39 is 0 Å². The second kappa shape index (κ2) is 9.62. The first-order valence-electron chi connectivity index (χ1n) is 10.5. The van der Waals surface area contributed by atoms with E-state index in [-0.39, 0.29) is 0 Å². The first kappa shape index (κ1) is 20.2. The molecule has 0 unspecified atom stereocenters. The van der Waals surface area contributed by atoms with Gasteiger partial charge in [-0.05, 0) is 54.1 Å². The SMILES string of the molecule is C1=C/C(=C(/c2ccccc2)c2ccc(N=Nc3ccccc3)[nH]2)N=C1N=Nc1ccccc1. The van der Waals surface area contributed by atoms with Crippen molar-refractivity contribution in [1.29, 1.82) is 0 Å². The number of hydrogen-bond acceptors (Lipinski definition) is 5. The minimum atomic E-state index is 0.554. The van der Waals surface area contributed by atoms with Crippen molar-refractivity contribution >= 4 is 28.6 Å². The number of allylic oxidation sites excluding steroid dienone is 1. The Kier molecular flexibility index (Phi) is 5.89. The highest BCUT2D eigenvalue weighted by molar-refractivity contribution is 6.00. The standard InChI is InChI=1S/C27H20N6/c1-4-10-20(11-5-1)27(23-16-18-25(28-23)32-30-21-12-6-2-7-13-21)24-17-19-26(29-24)33-31-22-14-8-3-9-15-22/h1-19,28H/b27-24+,32-30?,33-31?. The van der Waals surface area contributed by atoms with Gasteiger partial charge >= 0.3 is 0 Å². The van der Waals surface area contributed by atoms with Gasteiger partial charge in [0.15, 0.2) is 11.7 Å². The van der Waals surface area contributed by atoms with Gasteiger partial charge in [0.2, 0.25) is 0 Å². The summed E-state index contributed by atoms with van der Waals surface area (Å²) in [6, 6.07) is 33.3. The smallest absolute Gasteiger partial charge is 0.175 e. The topological polar surface area (TPSA) is 77.6 Å². The molecule has 0 radical (unpaired) electrons. The van der Waals surface area contributed by atoms with Crippen LogP contribution in [0.5, 0.6) is 0 Å². The molecule has 1 aliphatic heterocycles. The van der Waals surface area contributed by atoms with Gasteiger partial charge in [-0.25, -0.2) is 4.99 Å². The zero-order chi connectivity index (χ0) is 22.3. The van der Waals surface area contributed by atoms with Gasteiger partial charge in [0.25, 0.3) is 0 Å². The van der Waals surface area contributed by atoms with E-state index in [0.29, 0.717) is 11.7 Å². The lowest BCUT2D eigenvalue weighted by Crippen LogP contribution is -1.91. The van der Waals surface area contributed by atoms with Crippen LogP contribution in [0, 0.1) is 0 Å². The molecule has 0 saturated heterocycles. The molecule has 158 valence electrons. The summed E-state index contributed by atoms with van der Waals surface area (Å²) >= 11 is 0. The van der Waals surface area contributed by atoms with E-state index in [1.807, 2.05) is 103 Å². The summed E-state index contributed by atoms with van der Waals surface area (Å²) in [6.45, 7) is 0. The zero-order valence-electron chi connectivity index (χ0n) is 17.7. The summed E-state index contributed by atoms with van der Waals surface area (Å²) in [6.07, 6.45) is 3.82. The highest BCUT2D eigenvalue weighted by Crippen LogP contribution is 2.31.